The summed E-state index contributed by atoms with van der Waals surface area (Å²) >= 11 is 0. The van der Waals surface area contributed by atoms with Gasteiger partial charge in [-0.05, 0) is 23.8 Å². The second-order valence-corrected chi connectivity index (χ2v) is 5.61. The van der Waals surface area contributed by atoms with Crippen LogP contribution in [0.15, 0.2) is 53.6 Å². The zero-order valence-corrected chi connectivity index (χ0v) is 14.0. The number of methoxy groups -OCH3 is 2. The van der Waals surface area contributed by atoms with Gasteiger partial charge in [-0.1, -0.05) is 30.3 Å². The molecule has 2 aromatic rings. The summed E-state index contributed by atoms with van der Waals surface area (Å²) in [6, 6.07) is 15.4. The zero-order valence-electron chi connectivity index (χ0n) is 14.0. The average molecular weight is 324 g/mol. The van der Waals surface area contributed by atoms with Gasteiger partial charge >= 0.3 is 0 Å². The molecule has 2 aromatic carbocycles. The van der Waals surface area contributed by atoms with Crippen LogP contribution < -0.4 is 9.47 Å². The SMILES string of the molecule is COc1ccc(OC)c(C2=NN(C(C)=O)[C@@H](c3ccccc3)C2)c1. The largest absolute Gasteiger partial charge is 0.497 e. The van der Waals surface area contributed by atoms with Gasteiger partial charge in [0.05, 0.1) is 26.0 Å². The van der Waals surface area contributed by atoms with Crippen LogP contribution in [0.1, 0.15) is 30.5 Å². The Hall–Kier alpha value is -2.82. The molecule has 0 saturated heterocycles. The average Bonchev–Trinajstić information content (AvgIpc) is 3.07. The van der Waals surface area contributed by atoms with E-state index in [-0.39, 0.29) is 11.9 Å². The minimum Gasteiger partial charge on any atom is -0.497 e. The summed E-state index contributed by atoms with van der Waals surface area (Å²) in [4.78, 5) is 12.0. The summed E-state index contributed by atoms with van der Waals surface area (Å²) in [5.74, 6) is 1.36. The van der Waals surface area contributed by atoms with Crippen molar-refractivity contribution in [1.82, 2.24) is 5.01 Å². The van der Waals surface area contributed by atoms with Crippen LogP contribution in [0.4, 0.5) is 0 Å². The molecule has 0 aromatic heterocycles. The fraction of sp³-hybridized carbons (Fsp3) is 0.263. The second-order valence-electron chi connectivity index (χ2n) is 5.61. The highest BCUT2D eigenvalue weighted by molar-refractivity contribution is 6.05. The number of amides is 1. The molecule has 1 heterocycles. The monoisotopic (exact) mass is 324 g/mol. The predicted octanol–water partition coefficient (Wildman–Crippen LogP) is 3.40. The summed E-state index contributed by atoms with van der Waals surface area (Å²) in [5.41, 5.74) is 2.73. The Kier molecular flexibility index (Phi) is 4.51. The van der Waals surface area contributed by atoms with Crippen molar-refractivity contribution in [2.24, 2.45) is 5.10 Å². The molecule has 0 N–H and O–H groups in total. The minimum absolute atomic E-state index is 0.0827. The van der Waals surface area contributed by atoms with Gasteiger partial charge in [-0.2, -0.15) is 5.10 Å². The Morgan fingerprint density at radius 1 is 1.12 bits per heavy atom. The van der Waals surface area contributed by atoms with Gasteiger partial charge in [0.1, 0.15) is 11.5 Å². The maximum Gasteiger partial charge on any atom is 0.240 e. The highest BCUT2D eigenvalue weighted by atomic mass is 16.5. The third-order valence-electron chi connectivity index (χ3n) is 4.13. The maximum absolute atomic E-state index is 12.0. The highest BCUT2D eigenvalue weighted by Crippen LogP contribution is 2.36. The molecule has 3 rings (SSSR count). The van der Waals surface area contributed by atoms with Crippen LogP contribution in [-0.4, -0.2) is 30.8 Å². The van der Waals surface area contributed by atoms with Crippen molar-refractivity contribution in [3.05, 3.63) is 59.7 Å². The van der Waals surface area contributed by atoms with E-state index in [9.17, 15) is 4.79 Å². The zero-order chi connectivity index (χ0) is 17.1. The topological polar surface area (TPSA) is 51.1 Å². The molecule has 0 saturated carbocycles. The molecule has 0 radical (unpaired) electrons. The van der Waals surface area contributed by atoms with Crippen molar-refractivity contribution in [1.29, 1.82) is 0 Å². The first-order chi connectivity index (χ1) is 11.6. The fourth-order valence-electron chi connectivity index (χ4n) is 2.94. The third-order valence-corrected chi connectivity index (χ3v) is 4.13. The molecule has 5 nitrogen and oxygen atoms in total. The number of ether oxygens (including phenoxy) is 2. The highest BCUT2D eigenvalue weighted by Gasteiger charge is 2.32. The van der Waals surface area contributed by atoms with Gasteiger partial charge in [0.25, 0.3) is 0 Å². The first kappa shape index (κ1) is 16.1. The lowest BCUT2D eigenvalue weighted by atomic mass is 9.98. The molecule has 24 heavy (non-hydrogen) atoms. The Morgan fingerprint density at radius 3 is 2.50 bits per heavy atom. The van der Waals surface area contributed by atoms with Crippen LogP contribution in [-0.2, 0) is 4.79 Å². The van der Waals surface area contributed by atoms with E-state index in [1.807, 2.05) is 48.5 Å². The van der Waals surface area contributed by atoms with Crippen molar-refractivity contribution >= 4 is 11.6 Å². The van der Waals surface area contributed by atoms with Crippen molar-refractivity contribution in [3.8, 4) is 11.5 Å². The quantitative estimate of drug-likeness (QED) is 0.866. The van der Waals surface area contributed by atoms with Gasteiger partial charge in [-0.15, -0.1) is 0 Å². The summed E-state index contributed by atoms with van der Waals surface area (Å²) in [7, 11) is 3.24. The van der Waals surface area contributed by atoms with Crippen molar-refractivity contribution in [2.75, 3.05) is 14.2 Å². The molecule has 0 spiro atoms. The van der Waals surface area contributed by atoms with Crippen LogP contribution in [0, 0.1) is 0 Å². The number of benzene rings is 2. The minimum atomic E-state index is -0.102. The van der Waals surface area contributed by atoms with Crippen molar-refractivity contribution < 1.29 is 14.3 Å². The number of carbonyl (C=O) groups is 1. The molecule has 1 amide bonds. The van der Waals surface area contributed by atoms with Crippen LogP contribution in [0.25, 0.3) is 0 Å². The van der Waals surface area contributed by atoms with E-state index in [0.717, 1.165) is 22.6 Å². The van der Waals surface area contributed by atoms with Crippen molar-refractivity contribution in [2.45, 2.75) is 19.4 Å². The number of carbonyl (C=O) groups excluding carboxylic acids is 1. The Bertz CT molecular complexity index is 771. The van der Waals surface area contributed by atoms with E-state index >= 15 is 0 Å². The van der Waals surface area contributed by atoms with Crippen LogP contribution >= 0.6 is 0 Å². The maximum atomic E-state index is 12.0. The van der Waals surface area contributed by atoms with Gasteiger partial charge in [-0.25, -0.2) is 5.01 Å². The summed E-state index contributed by atoms with van der Waals surface area (Å²) in [6.07, 6.45) is 0.632. The Morgan fingerprint density at radius 2 is 1.88 bits per heavy atom. The molecule has 0 aliphatic carbocycles. The van der Waals surface area contributed by atoms with Gasteiger partial charge in [0, 0.05) is 18.9 Å². The van der Waals surface area contributed by atoms with E-state index in [4.69, 9.17) is 9.47 Å². The smallest absolute Gasteiger partial charge is 0.240 e. The number of hydrogen-bond acceptors (Lipinski definition) is 4. The molecule has 5 heteroatoms. The van der Waals surface area contributed by atoms with Gasteiger partial charge < -0.3 is 9.47 Å². The molecular weight excluding hydrogens is 304 g/mol. The van der Waals surface area contributed by atoms with Crippen LogP contribution in [0.2, 0.25) is 0 Å². The molecule has 0 fully saturated rings. The molecular formula is C19H20N2O3. The standard InChI is InChI=1S/C19H20N2O3/c1-13(22)21-18(14-7-5-4-6-8-14)12-17(20-21)16-11-15(23-2)9-10-19(16)24-3/h4-11,18H,12H2,1-3H3/t18-/m1/s1. The van der Waals surface area contributed by atoms with E-state index < -0.39 is 0 Å². The molecule has 1 aliphatic heterocycles. The second kappa shape index (κ2) is 6.74. The molecule has 0 unspecified atom stereocenters. The third kappa shape index (κ3) is 2.97. The van der Waals surface area contributed by atoms with Crippen LogP contribution in [0.5, 0.6) is 11.5 Å². The summed E-state index contributed by atoms with van der Waals surface area (Å²) in [6.45, 7) is 1.53. The number of hydrazone groups is 1. The lowest BCUT2D eigenvalue weighted by Gasteiger charge is -2.20. The molecule has 1 aliphatic rings. The first-order valence-corrected chi connectivity index (χ1v) is 7.78. The molecule has 0 bridgehead atoms. The Balaban J connectivity index is 2.01. The molecule has 1 atom stereocenters. The lowest BCUT2D eigenvalue weighted by Crippen LogP contribution is -2.24. The van der Waals surface area contributed by atoms with E-state index in [2.05, 4.69) is 5.10 Å². The molecule has 124 valence electrons. The van der Waals surface area contributed by atoms with Gasteiger partial charge in [-0.3, -0.25) is 4.79 Å². The summed E-state index contributed by atoms with van der Waals surface area (Å²) in [5, 5.41) is 6.11. The predicted molar refractivity (Wildman–Crippen MR) is 92.4 cm³/mol. The number of nitrogens with zero attached hydrogens (tertiary/aromatic N) is 2. The number of hydrogen-bond donors (Lipinski definition) is 0. The number of rotatable bonds is 4. The van der Waals surface area contributed by atoms with E-state index in [1.165, 1.54) is 6.92 Å². The van der Waals surface area contributed by atoms with Gasteiger partial charge in [0.2, 0.25) is 5.91 Å². The fourth-order valence-corrected chi connectivity index (χ4v) is 2.94. The van der Waals surface area contributed by atoms with Crippen molar-refractivity contribution in [3.63, 3.8) is 0 Å². The van der Waals surface area contributed by atoms with Crippen LogP contribution in [0.3, 0.4) is 0 Å². The van der Waals surface area contributed by atoms with E-state index in [1.54, 1.807) is 19.2 Å². The first-order valence-electron chi connectivity index (χ1n) is 7.78. The summed E-state index contributed by atoms with van der Waals surface area (Å²) < 4.78 is 10.8. The van der Waals surface area contributed by atoms with Gasteiger partial charge in [0.15, 0.2) is 0 Å². The lowest BCUT2D eigenvalue weighted by molar-refractivity contribution is -0.130. The Labute approximate surface area is 141 Å². The van der Waals surface area contributed by atoms with E-state index in [0.29, 0.717) is 12.2 Å². The normalized spacial score (nSPS) is 16.7.